The standard InChI is InChI=1S/C19H24N2O4S/c1-5-21(18(24)25-11-13-9-7-6-8-10-13)15(16(22)23)14-12-26-17(20-14)19(2,3)4/h6-10,12,15H,5,11H2,1-4H3,(H,22,23). The van der Waals surface area contributed by atoms with Crippen LogP contribution in [-0.4, -0.2) is 33.6 Å². The number of carbonyl (C=O) groups excluding carboxylic acids is 1. The van der Waals surface area contributed by atoms with Crippen molar-refractivity contribution in [2.75, 3.05) is 6.54 Å². The van der Waals surface area contributed by atoms with Gasteiger partial charge >= 0.3 is 12.1 Å². The fourth-order valence-electron chi connectivity index (χ4n) is 2.40. The number of rotatable bonds is 6. The number of aromatic nitrogens is 1. The molecular formula is C19H24N2O4S. The maximum Gasteiger partial charge on any atom is 0.411 e. The number of benzene rings is 1. The van der Waals surface area contributed by atoms with Crippen molar-refractivity contribution in [3.8, 4) is 0 Å². The summed E-state index contributed by atoms with van der Waals surface area (Å²) in [5, 5.41) is 12.2. The summed E-state index contributed by atoms with van der Waals surface area (Å²) in [5.74, 6) is -1.13. The van der Waals surface area contributed by atoms with Crippen molar-refractivity contribution < 1.29 is 19.4 Å². The van der Waals surface area contributed by atoms with E-state index < -0.39 is 18.1 Å². The molecule has 1 aromatic carbocycles. The van der Waals surface area contributed by atoms with Gasteiger partial charge in [0, 0.05) is 17.3 Å². The monoisotopic (exact) mass is 376 g/mol. The summed E-state index contributed by atoms with van der Waals surface area (Å²) in [7, 11) is 0. The molecule has 0 saturated heterocycles. The summed E-state index contributed by atoms with van der Waals surface area (Å²) in [6, 6.07) is 8.09. The van der Waals surface area contributed by atoms with Gasteiger partial charge in [0.25, 0.3) is 0 Å². The first-order valence-corrected chi connectivity index (χ1v) is 9.28. The van der Waals surface area contributed by atoms with Gasteiger partial charge in [-0.3, -0.25) is 4.90 Å². The minimum Gasteiger partial charge on any atom is -0.479 e. The van der Waals surface area contributed by atoms with Crippen molar-refractivity contribution in [1.29, 1.82) is 0 Å². The Bertz CT molecular complexity index is 752. The number of likely N-dealkylation sites (N-methyl/N-ethyl adjacent to an activating group) is 1. The van der Waals surface area contributed by atoms with Crippen LogP contribution in [0.15, 0.2) is 35.7 Å². The number of hydrogen-bond acceptors (Lipinski definition) is 5. The molecule has 0 spiro atoms. The van der Waals surface area contributed by atoms with Gasteiger partial charge in [-0.15, -0.1) is 11.3 Å². The van der Waals surface area contributed by atoms with E-state index in [4.69, 9.17) is 4.74 Å². The Morgan fingerprint density at radius 3 is 2.42 bits per heavy atom. The molecule has 2 aromatic rings. The number of carboxylic acid groups (broad SMARTS) is 1. The van der Waals surface area contributed by atoms with Gasteiger partial charge in [-0.05, 0) is 12.5 Å². The molecule has 0 bridgehead atoms. The Hall–Kier alpha value is -2.41. The molecule has 0 saturated carbocycles. The lowest BCUT2D eigenvalue weighted by atomic mass is 9.98. The summed E-state index contributed by atoms with van der Waals surface area (Å²) >= 11 is 1.40. The van der Waals surface area contributed by atoms with Crippen molar-refractivity contribution in [1.82, 2.24) is 9.88 Å². The van der Waals surface area contributed by atoms with Gasteiger partial charge in [0.2, 0.25) is 0 Å². The molecule has 0 fully saturated rings. The minimum atomic E-state index is -1.17. The van der Waals surface area contributed by atoms with Gasteiger partial charge in [0.05, 0.1) is 10.7 Å². The number of ether oxygens (including phenoxy) is 1. The molecular weight excluding hydrogens is 352 g/mol. The molecule has 1 unspecified atom stereocenters. The third kappa shape index (κ3) is 4.82. The fourth-order valence-corrected chi connectivity index (χ4v) is 3.32. The predicted molar refractivity (Wildman–Crippen MR) is 100 cm³/mol. The lowest BCUT2D eigenvalue weighted by molar-refractivity contribution is -0.143. The SMILES string of the molecule is CCN(C(=O)OCc1ccccc1)C(C(=O)O)c1csc(C(C)(C)C)n1. The molecule has 0 radical (unpaired) electrons. The topological polar surface area (TPSA) is 79.7 Å². The first-order valence-electron chi connectivity index (χ1n) is 8.40. The highest BCUT2D eigenvalue weighted by Gasteiger charge is 2.34. The Morgan fingerprint density at radius 1 is 1.27 bits per heavy atom. The van der Waals surface area contributed by atoms with E-state index in [1.165, 1.54) is 16.2 Å². The van der Waals surface area contributed by atoms with E-state index in [0.717, 1.165) is 10.6 Å². The predicted octanol–water partition coefficient (Wildman–Crippen LogP) is 4.23. The molecule has 1 heterocycles. The Morgan fingerprint density at radius 2 is 1.92 bits per heavy atom. The summed E-state index contributed by atoms with van der Waals surface area (Å²) < 4.78 is 5.31. The van der Waals surface area contributed by atoms with E-state index in [0.29, 0.717) is 5.69 Å². The van der Waals surface area contributed by atoms with Gasteiger partial charge in [0.1, 0.15) is 6.61 Å². The van der Waals surface area contributed by atoms with Crippen LogP contribution in [-0.2, 0) is 21.6 Å². The van der Waals surface area contributed by atoms with Crippen molar-refractivity contribution >= 4 is 23.4 Å². The second-order valence-corrected chi connectivity index (χ2v) is 7.75. The number of carbonyl (C=O) groups is 2. The largest absolute Gasteiger partial charge is 0.479 e. The van der Waals surface area contributed by atoms with Crippen LogP contribution in [0.2, 0.25) is 0 Å². The number of aliphatic carboxylic acids is 1. The second-order valence-electron chi connectivity index (χ2n) is 6.89. The molecule has 0 aliphatic carbocycles. The third-order valence-electron chi connectivity index (χ3n) is 3.77. The van der Waals surface area contributed by atoms with Crippen LogP contribution < -0.4 is 0 Å². The lowest BCUT2D eigenvalue weighted by Crippen LogP contribution is -2.39. The van der Waals surface area contributed by atoms with Crippen LogP contribution in [0.25, 0.3) is 0 Å². The average molecular weight is 376 g/mol. The van der Waals surface area contributed by atoms with E-state index in [1.54, 1.807) is 12.3 Å². The van der Waals surface area contributed by atoms with Gasteiger partial charge in [0.15, 0.2) is 6.04 Å². The van der Waals surface area contributed by atoms with Crippen LogP contribution in [0.5, 0.6) is 0 Å². The zero-order chi connectivity index (χ0) is 19.3. The zero-order valence-electron chi connectivity index (χ0n) is 15.4. The summed E-state index contributed by atoms with van der Waals surface area (Å²) in [6.45, 7) is 8.04. The molecule has 1 aromatic heterocycles. The van der Waals surface area contributed by atoms with E-state index in [2.05, 4.69) is 4.98 Å². The smallest absolute Gasteiger partial charge is 0.411 e. The van der Waals surface area contributed by atoms with Gasteiger partial charge in [-0.1, -0.05) is 51.1 Å². The van der Waals surface area contributed by atoms with Crippen LogP contribution in [0, 0.1) is 0 Å². The fraction of sp³-hybridized carbons (Fsp3) is 0.421. The summed E-state index contributed by atoms with van der Waals surface area (Å²) in [5.41, 5.74) is 1.01. The Labute approximate surface area is 157 Å². The van der Waals surface area contributed by atoms with E-state index in [9.17, 15) is 14.7 Å². The summed E-state index contributed by atoms with van der Waals surface area (Å²) in [6.07, 6.45) is -0.672. The Kier molecular flexibility index (Phi) is 6.37. The molecule has 26 heavy (non-hydrogen) atoms. The van der Waals surface area contributed by atoms with Gasteiger partial charge < -0.3 is 9.84 Å². The highest BCUT2D eigenvalue weighted by atomic mass is 32.1. The second kappa shape index (κ2) is 8.31. The molecule has 7 heteroatoms. The first kappa shape index (κ1) is 19.9. The lowest BCUT2D eigenvalue weighted by Gasteiger charge is -2.26. The molecule has 1 atom stereocenters. The normalized spacial score (nSPS) is 12.5. The van der Waals surface area contributed by atoms with E-state index in [-0.39, 0.29) is 18.6 Å². The van der Waals surface area contributed by atoms with E-state index in [1.807, 2.05) is 51.1 Å². The Balaban J connectivity index is 2.18. The van der Waals surface area contributed by atoms with Crippen molar-refractivity contribution in [2.24, 2.45) is 0 Å². The van der Waals surface area contributed by atoms with Crippen molar-refractivity contribution in [3.63, 3.8) is 0 Å². The van der Waals surface area contributed by atoms with Crippen LogP contribution in [0.4, 0.5) is 4.79 Å². The zero-order valence-corrected chi connectivity index (χ0v) is 16.2. The number of hydrogen-bond donors (Lipinski definition) is 1. The number of thiazole rings is 1. The average Bonchev–Trinajstić information content (AvgIpc) is 3.07. The van der Waals surface area contributed by atoms with Crippen LogP contribution in [0.1, 0.15) is 50.0 Å². The molecule has 6 nitrogen and oxygen atoms in total. The first-order chi connectivity index (χ1) is 12.2. The third-order valence-corrected chi connectivity index (χ3v) is 5.06. The molecule has 2 rings (SSSR count). The minimum absolute atomic E-state index is 0.0901. The number of nitrogens with zero attached hydrogens (tertiary/aromatic N) is 2. The molecule has 1 amide bonds. The number of carboxylic acids is 1. The maximum atomic E-state index is 12.5. The highest BCUT2D eigenvalue weighted by molar-refractivity contribution is 7.09. The molecule has 0 aliphatic heterocycles. The van der Waals surface area contributed by atoms with Gasteiger partial charge in [-0.2, -0.15) is 0 Å². The van der Waals surface area contributed by atoms with E-state index >= 15 is 0 Å². The number of amides is 1. The van der Waals surface area contributed by atoms with Crippen molar-refractivity contribution in [2.45, 2.75) is 45.8 Å². The van der Waals surface area contributed by atoms with Crippen LogP contribution >= 0.6 is 11.3 Å². The summed E-state index contributed by atoms with van der Waals surface area (Å²) in [4.78, 5) is 30.0. The van der Waals surface area contributed by atoms with Crippen LogP contribution in [0.3, 0.4) is 0 Å². The molecule has 140 valence electrons. The highest BCUT2D eigenvalue weighted by Crippen LogP contribution is 2.30. The van der Waals surface area contributed by atoms with Crippen molar-refractivity contribution in [3.05, 3.63) is 52.0 Å². The molecule has 0 aliphatic rings. The quantitative estimate of drug-likeness (QED) is 0.816. The van der Waals surface area contributed by atoms with Gasteiger partial charge in [-0.25, -0.2) is 14.6 Å². The maximum absolute atomic E-state index is 12.5. The molecule has 1 N–H and O–H groups in total.